The zero-order valence-corrected chi connectivity index (χ0v) is 10.7. The largest absolute Gasteiger partial charge is 0.497 e. The van der Waals surface area contributed by atoms with E-state index in [1.54, 1.807) is 25.3 Å². The molecule has 0 radical (unpaired) electrons. The van der Waals surface area contributed by atoms with E-state index >= 15 is 0 Å². The summed E-state index contributed by atoms with van der Waals surface area (Å²) in [6.45, 7) is 2.35. The lowest BCUT2D eigenvalue weighted by Gasteiger charge is -2.15. The summed E-state index contributed by atoms with van der Waals surface area (Å²) < 4.78 is 15.8. The predicted octanol–water partition coefficient (Wildman–Crippen LogP) is 1.20. The second-order valence-corrected chi connectivity index (χ2v) is 3.77. The second kappa shape index (κ2) is 6.70. The van der Waals surface area contributed by atoms with Crippen LogP contribution in [-0.2, 0) is 4.74 Å². The summed E-state index contributed by atoms with van der Waals surface area (Å²) in [4.78, 5) is 0. The maximum absolute atomic E-state index is 8.67. The van der Waals surface area contributed by atoms with Crippen LogP contribution in [0.2, 0.25) is 0 Å². The van der Waals surface area contributed by atoms with E-state index in [0.717, 1.165) is 0 Å². The van der Waals surface area contributed by atoms with Crippen LogP contribution in [0.5, 0.6) is 11.5 Å². The Labute approximate surface area is 106 Å². The number of oxime groups is 1. The van der Waals surface area contributed by atoms with Gasteiger partial charge in [0.25, 0.3) is 0 Å². The molecule has 100 valence electrons. The van der Waals surface area contributed by atoms with Crippen LogP contribution in [0.15, 0.2) is 23.4 Å². The lowest BCUT2D eigenvalue weighted by atomic mass is 10.2. The van der Waals surface area contributed by atoms with E-state index in [2.05, 4.69) is 5.16 Å². The van der Waals surface area contributed by atoms with Crippen LogP contribution in [0.4, 0.5) is 0 Å². The molecule has 0 aromatic heterocycles. The topological polar surface area (TPSA) is 86.3 Å². The molecule has 1 aromatic carbocycles. The molecule has 6 heteroatoms. The van der Waals surface area contributed by atoms with Gasteiger partial charge in [0.1, 0.15) is 17.6 Å². The number of ether oxygens (including phenoxy) is 3. The first-order valence-corrected chi connectivity index (χ1v) is 5.43. The SMILES string of the molecule is COCC(C)Oc1cc(OC)cc(/C(N)=N/O)c1. The van der Waals surface area contributed by atoms with Gasteiger partial charge in [-0.05, 0) is 19.1 Å². The molecular formula is C12H18N2O4. The zero-order chi connectivity index (χ0) is 13.5. The van der Waals surface area contributed by atoms with Gasteiger partial charge in [-0.1, -0.05) is 5.16 Å². The molecule has 0 spiro atoms. The Morgan fingerprint density at radius 2 is 2.00 bits per heavy atom. The molecule has 0 heterocycles. The van der Waals surface area contributed by atoms with E-state index < -0.39 is 0 Å². The molecular weight excluding hydrogens is 236 g/mol. The van der Waals surface area contributed by atoms with Gasteiger partial charge in [-0.3, -0.25) is 0 Å². The molecule has 0 bridgehead atoms. The minimum atomic E-state index is -0.109. The first-order chi connectivity index (χ1) is 8.60. The fourth-order valence-corrected chi connectivity index (χ4v) is 1.46. The van der Waals surface area contributed by atoms with E-state index in [9.17, 15) is 0 Å². The van der Waals surface area contributed by atoms with Crippen LogP contribution in [0.1, 0.15) is 12.5 Å². The van der Waals surface area contributed by atoms with Crippen molar-refractivity contribution in [2.75, 3.05) is 20.8 Å². The van der Waals surface area contributed by atoms with Gasteiger partial charge >= 0.3 is 0 Å². The van der Waals surface area contributed by atoms with Gasteiger partial charge < -0.3 is 25.2 Å². The van der Waals surface area contributed by atoms with Crippen LogP contribution in [0.25, 0.3) is 0 Å². The molecule has 1 unspecified atom stereocenters. The fourth-order valence-electron chi connectivity index (χ4n) is 1.46. The summed E-state index contributed by atoms with van der Waals surface area (Å²) in [6, 6.07) is 5.05. The Balaban J connectivity index is 2.97. The highest BCUT2D eigenvalue weighted by atomic mass is 16.5. The molecule has 6 nitrogen and oxygen atoms in total. The number of benzene rings is 1. The number of amidine groups is 1. The van der Waals surface area contributed by atoms with Crippen LogP contribution in [0.3, 0.4) is 0 Å². The molecule has 0 aliphatic carbocycles. The molecule has 1 atom stereocenters. The summed E-state index contributed by atoms with van der Waals surface area (Å²) in [6.07, 6.45) is -0.109. The Bertz CT molecular complexity index is 421. The average molecular weight is 254 g/mol. The van der Waals surface area contributed by atoms with Crippen LogP contribution in [0, 0.1) is 0 Å². The fraction of sp³-hybridized carbons (Fsp3) is 0.417. The summed E-state index contributed by atoms with van der Waals surface area (Å²) in [7, 11) is 3.14. The normalized spacial score (nSPS) is 13.2. The summed E-state index contributed by atoms with van der Waals surface area (Å²) >= 11 is 0. The van der Waals surface area contributed by atoms with Gasteiger partial charge in [0.15, 0.2) is 5.84 Å². The van der Waals surface area contributed by atoms with Gasteiger partial charge in [0.05, 0.1) is 13.7 Å². The van der Waals surface area contributed by atoms with E-state index in [1.807, 2.05) is 6.92 Å². The summed E-state index contributed by atoms with van der Waals surface area (Å²) in [5.74, 6) is 1.14. The maximum atomic E-state index is 8.67. The average Bonchev–Trinajstić information content (AvgIpc) is 2.37. The Hall–Kier alpha value is -1.95. The molecule has 0 aliphatic rings. The highest BCUT2D eigenvalue weighted by Crippen LogP contribution is 2.23. The number of nitrogens with zero attached hydrogens (tertiary/aromatic N) is 1. The molecule has 0 saturated carbocycles. The quantitative estimate of drug-likeness (QED) is 0.345. The van der Waals surface area contributed by atoms with E-state index in [1.165, 1.54) is 7.11 Å². The monoisotopic (exact) mass is 254 g/mol. The van der Waals surface area contributed by atoms with Crippen molar-refractivity contribution in [2.45, 2.75) is 13.0 Å². The number of hydrogen-bond donors (Lipinski definition) is 2. The summed E-state index contributed by atoms with van der Waals surface area (Å²) in [5.41, 5.74) is 6.06. The number of rotatable bonds is 6. The van der Waals surface area contributed by atoms with E-state index in [-0.39, 0.29) is 11.9 Å². The standard InChI is InChI=1S/C12H18N2O4/c1-8(7-16-2)18-11-5-9(12(13)14-15)4-10(6-11)17-3/h4-6,8,15H,7H2,1-3H3,(H2,13,14). The zero-order valence-electron chi connectivity index (χ0n) is 10.7. The minimum absolute atomic E-state index is 0.00172. The van der Waals surface area contributed by atoms with Crippen molar-refractivity contribution in [3.63, 3.8) is 0 Å². The third-order valence-corrected chi connectivity index (χ3v) is 2.26. The van der Waals surface area contributed by atoms with Gasteiger partial charge in [0.2, 0.25) is 0 Å². The van der Waals surface area contributed by atoms with Crippen molar-refractivity contribution in [2.24, 2.45) is 10.9 Å². The van der Waals surface area contributed by atoms with Gasteiger partial charge in [0, 0.05) is 18.7 Å². The highest BCUT2D eigenvalue weighted by molar-refractivity contribution is 5.97. The van der Waals surface area contributed by atoms with Crippen molar-refractivity contribution in [1.29, 1.82) is 0 Å². The van der Waals surface area contributed by atoms with Gasteiger partial charge in [-0.25, -0.2) is 0 Å². The third-order valence-electron chi connectivity index (χ3n) is 2.26. The molecule has 1 aromatic rings. The Morgan fingerprint density at radius 1 is 1.33 bits per heavy atom. The van der Waals surface area contributed by atoms with Crippen molar-refractivity contribution in [3.05, 3.63) is 23.8 Å². The molecule has 1 rings (SSSR count). The molecule has 0 aliphatic heterocycles. The van der Waals surface area contributed by atoms with Crippen molar-refractivity contribution < 1.29 is 19.4 Å². The Morgan fingerprint density at radius 3 is 2.56 bits per heavy atom. The van der Waals surface area contributed by atoms with Crippen molar-refractivity contribution >= 4 is 5.84 Å². The molecule has 3 N–H and O–H groups in total. The first kappa shape index (κ1) is 14.1. The molecule has 0 saturated heterocycles. The van der Waals surface area contributed by atoms with Crippen LogP contribution in [-0.4, -0.2) is 38.0 Å². The first-order valence-electron chi connectivity index (χ1n) is 5.43. The van der Waals surface area contributed by atoms with Gasteiger partial charge in [-0.2, -0.15) is 0 Å². The number of hydrogen-bond acceptors (Lipinski definition) is 5. The van der Waals surface area contributed by atoms with E-state index in [0.29, 0.717) is 23.7 Å². The van der Waals surface area contributed by atoms with Crippen molar-refractivity contribution in [3.8, 4) is 11.5 Å². The van der Waals surface area contributed by atoms with Crippen LogP contribution < -0.4 is 15.2 Å². The Kier molecular flexibility index (Phi) is 5.26. The second-order valence-electron chi connectivity index (χ2n) is 3.77. The highest BCUT2D eigenvalue weighted by Gasteiger charge is 2.09. The maximum Gasteiger partial charge on any atom is 0.170 e. The van der Waals surface area contributed by atoms with Gasteiger partial charge in [-0.15, -0.1) is 0 Å². The smallest absolute Gasteiger partial charge is 0.170 e. The molecule has 0 fully saturated rings. The predicted molar refractivity (Wildman–Crippen MR) is 67.5 cm³/mol. The minimum Gasteiger partial charge on any atom is -0.497 e. The van der Waals surface area contributed by atoms with E-state index in [4.69, 9.17) is 25.2 Å². The van der Waals surface area contributed by atoms with Crippen molar-refractivity contribution in [1.82, 2.24) is 0 Å². The number of nitrogens with two attached hydrogens (primary N) is 1. The third kappa shape index (κ3) is 3.81. The van der Waals surface area contributed by atoms with Crippen LogP contribution >= 0.6 is 0 Å². The number of methoxy groups -OCH3 is 2. The lowest BCUT2D eigenvalue weighted by molar-refractivity contribution is 0.0919. The molecule has 0 amide bonds. The molecule has 18 heavy (non-hydrogen) atoms. The lowest BCUT2D eigenvalue weighted by Crippen LogP contribution is -2.19. The summed E-state index contributed by atoms with van der Waals surface area (Å²) in [5, 5.41) is 11.6.